The van der Waals surface area contributed by atoms with Gasteiger partial charge < -0.3 is 14.0 Å². The molecule has 2 aromatic heterocycles. The van der Waals surface area contributed by atoms with Crippen LogP contribution in [0.15, 0.2) is 273 Å². The maximum absolute atomic E-state index is 11.4. The highest BCUT2D eigenvalue weighted by Crippen LogP contribution is 2.45. The average Bonchev–Trinajstić information content (AvgIpc) is 3.10. The molecule has 7 nitrogen and oxygen atoms in total. The highest BCUT2D eigenvalue weighted by molar-refractivity contribution is 6.13. The number of rotatable bonds is 10. The first-order valence-corrected chi connectivity index (χ1v) is 27.3. The molecule has 0 aliphatic carbocycles. The highest BCUT2D eigenvalue weighted by atomic mass is 15.1. The number of anilines is 3. The summed E-state index contributed by atoms with van der Waals surface area (Å²) in [5.41, 5.74) is 17.4. The SMILES string of the molecule is N#Cc1cc(N(c2ccc(-c3ccccc3)cc2)c2cc(C#N)c(-n3c4ccc(-c5ccccc5)cc4c4cc(-c5ccccc5)ccc43)c(C#N)c2)cc(C#N)c1-n1c2ccc(-c3ccccc3)cc2c2cc(-c3ccccc3)ccc21. The van der Waals surface area contributed by atoms with Gasteiger partial charge in [-0.3, -0.25) is 0 Å². The number of nitrogens with zero attached hydrogens (tertiary/aromatic N) is 7. The van der Waals surface area contributed by atoms with E-state index in [1.807, 2.05) is 154 Å². The Morgan fingerprint density at radius 1 is 0.229 bits per heavy atom. The molecule has 0 aliphatic rings. The van der Waals surface area contributed by atoms with Gasteiger partial charge in [-0.25, -0.2) is 0 Å². The van der Waals surface area contributed by atoms with Crippen LogP contribution in [0.25, 0.3) is 111 Å². The molecule has 384 valence electrons. The molecule has 83 heavy (non-hydrogen) atoms. The third kappa shape index (κ3) is 8.60. The minimum absolute atomic E-state index is 0.260. The smallest absolute Gasteiger partial charge is 0.101 e. The number of hydrogen-bond donors (Lipinski definition) is 0. The third-order valence-electron chi connectivity index (χ3n) is 15.8. The van der Waals surface area contributed by atoms with Crippen LogP contribution in [-0.2, 0) is 0 Å². The van der Waals surface area contributed by atoms with Gasteiger partial charge >= 0.3 is 0 Å². The zero-order chi connectivity index (χ0) is 56.0. The Hall–Kier alpha value is -12.0. The molecule has 0 N–H and O–H groups in total. The maximum Gasteiger partial charge on any atom is 0.101 e. The largest absolute Gasteiger partial charge is 0.310 e. The van der Waals surface area contributed by atoms with Crippen LogP contribution in [0, 0.1) is 45.3 Å². The van der Waals surface area contributed by atoms with Crippen LogP contribution in [0.5, 0.6) is 0 Å². The quantitative estimate of drug-likeness (QED) is 0.136. The molecule has 14 rings (SSSR count). The minimum atomic E-state index is 0.260. The summed E-state index contributed by atoms with van der Waals surface area (Å²) < 4.78 is 4.09. The number of fused-ring (bicyclic) bond motifs is 6. The Labute approximate surface area is 479 Å². The summed E-state index contributed by atoms with van der Waals surface area (Å²) >= 11 is 0. The number of nitriles is 4. The Bertz CT molecular complexity index is 4490. The van der Waals surface area contributed by atoms with Gasteiger partial charge in [-0.05, 0) is 141 Å². The molecular formula is C76H45N7. The predicted molar refractivity (Wildman–Crippen MR) is 336 cm³/mol. The fourth-order valence-corrected chi connectivity index (χ4v) is 12.0. The molecule has 0 bridgehead atoms. The molecule has 0 atom stereocenters. The van der Waals surface area contributed by atoms with E-state index in [4.69, 9.17) is 0 Å². The van der Waals surface area contributed by atoms with Gasteiger partial charge in [-0.2, -0.15) is 21.0 Å². The molecule has 0 saturated carbocycles. The molecule has 0 spiro atoms. The van der Waals surface area contributed by atoms with E-state index in [-0.39, 0.29) is 22.3 Å². The summed E-state index contributed by atoms with van der Waals surface area (Å²) in [5.74, 6) is 0. The third-order valence-corrected chi connectivity index (χ3v) is 15.8. The van der Waals surface area contributed by atoms with Gasteiger partial charge in [0.2, 0.25) is 0 Å². The van der Waals surface area contributed by atoms with E-state index >= 15 is 0 Å². The van der Waals surface area contributed by atoms with E-state index in [1.165, 1.54) is 0 Å². The van der Waals surface area contributed by atoms with Gasteiger partial charge in [0.05, 0.1) is 55.7 Å². The Kier molecular flexibility index (Phi) is 12.3. The lowest BCUT2D eigenvalue weighted by Crippen LogP contribution is -2.13. The molecule has 0 saturated heterocycles. The summed E-state index contributed by atoms with van der Waals surface area (Å²) in [6.07, 6.45) is 0. The van der Waals surface area contributed by atoms with Crippen LogP contribution in [-0.4, -0.2) is 9.13 Å². The van der Waals surface area contributed by atoms with Gasteiger partial charge in [0.25, 0.3) is 0 Å². The van der Waals surface area contributed by atoms with Crippen molar-refractivity contribution in [1.82, 2.24) is 9.13 Å². The van der Waals surface area contributed by atoms with Crippen LogP contribution in [0.3, 0.4) is 0 Å². The van der Waals surface area contributed by atoms with E-state index in [2.05, 4.69) is 158 Å². The van der Waals surface area contributed by atoms with Crippen LogP contribution < -0.4 is 4.90 Å². The summed E-state index contributed by atoms with van der Waals surface area (Å²) in [5, 5.41) is 49.7. The maximum atomic E-state index is 11.4. The van der Waals surface area contributed by atoms with Crippen molar-refractivity contribution < 1.29 is 0 Å². The monoisotopic (exact) mass is 1060 g/mol. The van der Waals surface area contributed by atoms with Crippen molar-refractivity contribution in [3.8, 4) is 91.3 Å². The van der Waals surface area contributed by atoms with E-state index in [1.54, 1.807) is 0 Å². The molecule has 7 heteroatoms. The standard InChI is InChI=1S/C76H45N7/c77-46-60-38-65(39-61(47-78)75(60)82-71-34-28-56(51-18-8-2-9-19-51)42-67(71)68-43-57(29-35-72(68)82)52-20-10-3-11-21-52)81(64-32-26-55(27-33-64)50-16-6-1-7-17-50)66-40-62(48-79)76(63(41-66)49-80)83-73-36-30-58(53-22-12-4-13-23-53)44-69(73)70-45-59(31-37-74(70)83)54-24-14-5-15-25-54/h1-45H. The number of aromatic nitrogens is 2. The fraction of sp³-hybridized carbons (Fsp3) is 0. The zero-order valence-electron chi connectivity index (χ0n) is 44.6. The molecule has 0 fully saturated rings. The second-order valence-corrected chi connectivity index (χ2v) is 20.5. The molecule has 0 radical (unpaired) electrons. The van der Waals surface area contributed by atoms with Gasteiger partial charge in [-0.15, -0.1) is 0 Å². The van der Waals surface area contributed by atoms with Gasteiger partial charge in [0, 0.05) is 38.6 Å². The van der Waals surface area contributed by atoms with Crippen molar-refractivity contribution in [2.75, 3.05) is 4.90 Å². The first kappa shape index (κ1) is 49.3. The van der Waals surface area contributed by atoms with Crippen molar-refractivity contribution in [2.45, 2.75) is 0 Å². The first-order chi connectivity index (χ1) is 41.0. The first-order valence-electron chi connectivity index (χ1n) is 27.3. The molecule has 0 unspecified atom stereocenters. The van der Waals surface area contributed by atoms with Crippen LogP contribution in [0.2, 0.25) is 0 Å². The normalized spacial score (nSPS) is 11.1. The van der Waals surface area contributed by atoms with Gasteiger partial charge in [-0.1, -0.05) is 188 Å². The van der Waals surface area contributed by atoms with Gasteiger partial charge in [0.1, 0.15) is 24.3 Å². The molecule has 12 aromatic carbocycles. The Morgan fingerprint density at radius 2 is 0.458 bits per heavy atom. The van der Waals surface area contributed by atoms with Crippen LogP contribution in [0.1, 0.15) is 22.3 Å². The zero-order valence-corrected chi connectivity index (χ0v) is 44.6. The molecule has 0 aliphatic heterocycles. The fourth-order valence-electron chi connectivity index (χ4n) is 12.0. The van der Waals surface area contributed by atoms with Crippen molar-refractivity contribution >= 4 is 60.7 Å². The lowest BCUT2D eigenvalue weighted by Gasteiger charge is -2.28. The van der Waals surface area contributed by atoms with Crippen molar-refractivity contribution in [2.24, 2.45) is 0 Å². The molecule has 14 aromatic rings. The molecular weight excluding hydrogens is 1010 g/mol. The van der Waals surface area contributed by atoms with Gasteiger partial charge in [0.15, 0.2) is 0 Å². The summed E-state index contributed by atoms with van der Waals surface area (Å²) in [6, 6.07) is 102. The number of benzene rings is 12. The minimum Gasteiger partial charge on any atom is -0.310 e. The Morgan fingerprint density at radius 3 is 0.711 bits per heavy atom. The average molecular weight is 1060 g/mol. The molecule has 0 amide bonds. The Balaban J connectivity index is 0.980. The van der Waals surface area contributed by atoms with Crippen LogP contribution >= 0.6 is 0 Å². The van der Waals surface area contributed by atoms with Crippen molar-refractivity contribution in [1.29, 1.82) is 21.0 Å². The second-order valence-electron chi connectivity index (χ2n) is 20.5. The second kappa shape index (κ2) is 20.7. The van der Waals surface area contributed by atoms with Crippen molar-refractivity contribution in [3.63, 3.8) is 0 Å². The topological polar surface area (TPSA) is 108 Å². The van der Waals surface area contributed by atoms with E-state index in [0.717, 1.165) is 99.2 Å². The predicted octanol–water partition coefficient (Wildman–Crippen LogP) is 19.2. The van der Waals surface area contributed by atoms with Crippen LogP contribution in [0.4, 0.5) is 17.1 Å². The summed E-state index contributed by atoms with van der Waals surface area (Å²) in [6.45, 7) is 0. The van der Waals surface area contributed by atoms with E-state index in [0.29, 0.717) is 28.4 Å². The number of hydrogen-bond acceptors (Lipinski definition) is 5. The molecule has 2 heterocycles. The highest BCUT2D eigenvalue weighted by Gasteiger charge is 2.27. The van der Waals surface area contributed by atoms with E-state index < -0.39 is 0 Å². The summed E-state index contributed by atoms with van der Waals surface area (Å²) in [4.78, 5) is 1.93. The van der Waals surface area contributed by atoms with E-state index in [9.17, 15) is 21.0 Å². The summed E-state index contributed by atoms with van der Waals surface area (Å²) in [7, 11) is 0. The lowest BCUT2D eigenvalue weighted by atomic mass is 10.0. The van der Waals surface area contributed by atoms with Crippen molar-refractivity contribution in [3.05, 3.63) is 295 Å². The lowest BCUT2D eigenvalue weighted by molar-refractivity contribution is 1.14.